The zero-order valence-electron chi connectivity index (χ0n) is 18.6. The molecule has 4 aromatic rings. The molecule has 3 heterocycles. The number of hydrogen-bond donors (Lipinski definition) is 2. The van der Waals surface area contributed by atoms with Gasteiger partial charge in [0.15, 0.2) is 5.96 Å². The number of imidazole rings is 1. The molecule has 0 unspecified atom stereocenters. The Morgan fingerprint density at radius 1 is 1.06 bits per heavy atom. The quantitative estimate of drug-likeness (QED) is 0.203. The standard InChI is InChI=1S/C24H28N6O.HI/c1-4-25-24(26-12-11-20-15-30-13-5-6-18(3)22(30)28-20)27-14-21-16-31-23(29-21)19-9-7-17(2)8-10-19;/h5-10,13,15-16H,4,11-12,14H2,1-3H3,(H2,25,26,27);1H. The van der Waals surface area contributed by atoms with E-state index in [0.717, 1.165) is 48.1 Å². The van der Waals surface area contributed by atoms with Crippen molar-refractivity contribution in [3.05, 3.63) is 77.6 Å². The van der Waals surface area contributed by atoms with Gasteiger partial charge in [0.05, 0.1) is 12.2 Å². The molecule has 0 atom stereocenters. The highest BCUT2D eigenvalue weighted by Gasteiger charge is 2.07. The van der Waals surface area contributed by atoms with E-state index in [2.05, 4.69) is 63.3 Å². The summed E-state index contributed by atoms with van der Waals surface area (Å²) in [6.07, 6.45) is 6.59. The maximum atomic E-state index is 5.63. The molecular weight excluding hydrogens is 515 g/mol. The van der Waals surface area contributed by atoms with Crippen molar-refractivity contribution in [2.75, 3.05) is 13.1 Å². The second kappa shape index (κ2) is 11.1. The van der Waals surface area contributed by atoms with Crippen LogP contribution in [0.3, 0.4) is 0 Å². The summed E-state index contributed by atoms with van der Waals surface area (Å²) in [5.74, 6) is 1.37. The summed E-state index contributed by atoms with van der Waals surface area (Å²) in [5, 5.41) is 6.65. The van der Waals surface area contributed by atoms with Crippen molar-refractivity contribution in [3.63, 3.8) is 0 Å². The van der Waals surface area contributed by atoms with E-state index in [9.17, 15) is 0 Å². The number of benzene rings is 1. The van der Waals surface area contributed by atoms with Gasteiger partial charge in [0, 0.05) is 37.5 Å². The molecule has 0 spiro atoms. The van der Waals surface area contributed by atoms with E-state index in [1.807, 2.05) is 31.3 Å². The van der Waals surface area contributed by atoms with Crippen LogP contribution in [0.2, 0.25) is 0 Å². The third kappa shape index (κ3) is 5.87. The number of aliphatic imine (C=N–C) groups is 1. The van der Waals surface area contributed by atoms with E-state index >= 15 is 0 Å². The number of oxazole rings is 1. The molecule has 2 N–H and O–H groups in total. The highest BCUT2D eigenvalue weighted by molar-refractivity contribution is 14.0. The van der Waals surface area contributed by atoms with Gasteiger partial charge in [-0.1, -0.05) is 23.8 Å². The molecule has 1 aromatic carbocycles. The summed E-state index contributed by atoms with van der Waals surface area (Å²) in [6, 6.07) is 12.2. The van der Waals surface area contributed by atoms with Gasteiger partial charge in [-0.15, -0.1) is 24.0 Å². The van der Waals surface area contributed by atoms with Gasteiger partial charge in [-0.3, -0.25) is 0 Å². The first-order valence-electron chi connectivity index (χ1n) is 10.6. The molecule has 0 aliphatic heterocycles. The number of fused-ring (bicyclic) bond motifs is 1. The van der Waals surface area contributed by atoms with Gasteiger partial charge in [0.25, 0.3) is 0 Å². The van der Waals surface area contributed by atoms with Gasteiger partial charge in [-0.2, -0.15) is 0 Å². The highest BCUT2D eigenvalue weighted by atomic mass is 127. The molecule has 0 aliphatic rings. The molecule has 0 saturated heterocycles. The summed E-state index contributed by atoms with van der Waals surface area (Å²) in [7, 11) is 0. The third-order valence-corrected chi connectivity index (χ3v) is 5.00. The van der Waals surface area contributed by atoms with Gasteiger partial charge in [0.1, 0.15) is 17.6 Å². The minimum atomic E-state index is 0. The predicted octanol–water partition coefficient (Wildman–Crippen LogP) is 4.52. The number of pyridine rings is 1. The Hall–Kier alpha value is -2.88. The van der Waals surface area contributed by atoms with Crippen LogP contribution in [0.15, 0.2) is 64.5 Å². The van der Waals surface area contributed by atoms with Crippen molar-refractivity contribution in [3.8, 4) is 11.5 Å². The largest absolute Gasteiger partial charge is 0.444 e. The zero-order chi connectivity index (χ0) is 21.6. The molecule has 4 rings (SSSR count). The van der Waals surface area contributed by atoms with E-state index < -0.39 is 0 Å². The Bertz CT molecular complexity index is 1180. The smallest absolute Gasteiger partial charge is 0.226 e. The molecule has 0 amide bonds. The average Bonchev–Trinajstić information content (AvgIpc) is 3.40. The van der Waals surface area contributed by atoms with E-state index in [1.54, 1.807) is 6.26 Å². The van der Waals surface area contributed by atoms with Gasteiger partial charge in [0.2, 0.25) is 5.89 Å². The van der Waals surface area contributed by atoms with Crippen molar-refractivity contribution in [2.24, 2.45) is 4.99 Å². The molecule has 3 aromatic heterocycles. The summed E-state index contributed by atoms with van der Waals surface area (Å²) in [6.45, 7) is 8.15. The Kier molecular flexibility index (Phi) is 8.26. The van der Waals surface area contributed by atoms with Crippen LogP contribution >= 0.6 is 24.0 Å². The van der Waals surface area contributed by atoms with Crippen LogP contribution in [0.5, 0.6) is 0 Å². The topological polar surface area (TPSA) is 79.8 Å². The molecule has 0 radical (unpaired) electrons. The van der Waals surface area contributed by atoms with Crippen LogP contribution in [0, 0.1) is 13.8 Å². The summed E-state index contributed by atoms with van der Waals surface area (Å²) >= 11 is 0. The summed E-state index contributed by atoms with van der Waals surface area (Å²) in [5.41, 5.74) is 6.21. The predicted molar refractivity (Wildman–Crippen MR) is 139 cm³/mol. The summed E-state index contributed by atoms with van der Waals surface area (Å²) < 4.78 is 7.70. The van der Waals surface area contributed by atoms with E-state index in [1.165, 1.54) is 11.1 Å². The van der Waals surface area contributed by atoms with Crippen molar-refractivity contribution in [1.82, 2.24) is 25.0 Å². The fourth-order valence-electron chi connectivity index (χ4n) is 3.34. The lowest BCUT2D eigenvalue weighted by Gasteiger charge is -2.10. The lowest BCUT2D eigenvalue weighted by Crippen LogP contribution is -2.38. The number of nitrogens with zero attached hydrogens (tertiary/aromatic N) is 4. The van der Waals surface area contributed by atoms with E-state index in [4.69, 9.17) is 9.40 Å². The second-order valence-corrected chi connectivity index (χ2v) is 7.54. The molecule has 8 heteroatoms. The summed E-state index contributed by atoms with van der Waals surface area (Å²) in [4.78, 5) is 13.9. The molecule has 168 valence electrons. The first-order valence-corrected chi connectivity index (χ1v) is 10.6. The van der Waals surface area contributed by atoms with Crippen molar-refractivity contribution in [1.29, 1.82) is 0 Å². The highest BCUT2D eigenvalue weighted by Crippen LogP contribution is 2.19. The number of aromatic nitrogens is 3. The molecule has 7 nitrogen and oxygen atoms in total. The van der Waals surface area contributed by atoms with Gasteiger partial charge in [-0.05, 0) is 44.5 Å². The van der Waals surface area contributed by atoms with Crippen molar-refractivity contribution < 1.29 is 4.42 Å². The van der Waals surface area contributed by atoms with Crippen molar-refractivity contribution in [2.45, 2.75) is 33.7 Å². The van der Waals surface area contributed by atoms with E-state index in [0.29, 0.717) is 12.4 Å². The Labute approximate surface area is 205 Å². The number of halogens is 1. The number of hydrogen-bond acceptors (Lipinski definition) is 4. The molecule has 32 heavy (non-hydrogen) atoms. The molecule has 0 fully saturated rings. The number of guanidine groups is 1. The Morgan fingerprint density at radius 2 is 1.88 bits per heavy atom. The van der Waals surface area contributed by atoms with E-state index in [-0.39, 0.29) is 24.0 Å². The average molecular weight is 544 g/mol. The number of nitrogens with one attached hydrogen (secondary N) is 2. The van der Waals surface area contributed by atoms with Crippen molar-refractivity contribution >= 4 is 35.6 Å². The van der Waals surface area contributed by atoms with Crippen LogP contribution in [-0.4, -0.2) is 33.4 Å². The Balaban J connectivity index is 0.00000289. The van der Waals surface area contributed by atoms with Crippen LogP contribution in [0.25, 0.3) is 17.1 Å². The van der Waals surface area contributed by atoms with Gasteiger partial charge >= 0.3 is 0 Å². The fourth-order valence-corrected chi connectivity index (χ4v) is 3.34. The van der Waals surface area contributed by atoms with Crippen LogP contribution in [-0.2, 0) is 13.0 Å². The SMILES string of the molecule is CCNC(=NCc1coc(-c2ccc(C)cc2)n1)NCCc1cn2cccc(C)c2n1.I. The van der Waals surface area contributed by atoms with Gasteiger partial charge in [-0.25, -0.2) is 15.0 Å². The molecule has 0 aliphatic carbocycles. The minimum Gasteiger partial charge on any atom is -0.444 e. The Morgan fingerprint density at radius 3 is 2.62 bits per heavy atom. The minimum absolute atomic E-state index is 0. The lowest BCUT2D eigenvalue weighted by molar-refractivity contribution is 0.572. The first kappa shape index (κ1) is 23.8. The fraction of sp³-hybridized carbons (Fsp3) is 0.292. The monoisotopic (exact) mass is 544 g/mol. The first-order chi connectivity index (χ1) is 15.1. The maximum Gasteiger partial charge on any atom is 0.226 e. The molecule has 0 bridgehead atoms. The van der Waals surface area contributed by atoms with Crippen LogP contribution < -0.4 is 10.6 Å². The third-order valence-electron chi connectivity index (χ3n) is 5.00. The maximum absolute atomic E-state index is 5.63. The molecule has 0 saturated carbocycles. The second-order valence-electron chi connectivity index (χ2n) is 7.54. The van der Waals surface area contributed by atoms with Gasteiger partial charge < -0.3 is 19.5 Å². The number of aryl methyl sites for hydroxylation is 2. The van der Waals surface area contributed by atoms with Crippen LogP contribution in [0.1, 0.15) is 29.4 Å². The zero-order valence-corrected chi connectivity index (χ0v) is 21.0. The normalized spacial score (nSPS) is 11.4. The number of rotatable bonds is 7. The lowest BCUT2D eigenvalue weighted by atomic mass is 10.1. The van der Waals surface area contributed by atoms with Crippen LogP contribution in [0.4, 0.5) is 0 Å². The molecular formula is C24H29IN6O.